The van der Waals surface area contributed by atoms with E-state index in [0.29, 0.717) is 17.3 Å². The minimum atomic E-state index is -0.632. The molecule has 3 aromatic rings. The zero-order chi connectivity index (χ0) is 24.3. The topological polar surface area (TPSA) is 58.9 Å². The summed E-state index contributed by atoms with van der Waals surface area (Å²) < 4.78 is 11.9. The van der Waals surface area contributed by atoms with Gasteiger partial charge in [-0.3, -0.25) is 0 Å². The molecular weight excluding hydrogens is 464 g/mol. The largest absolute Gasteiger partial charge is 0.491 e. The highest BCUT2D eigenvalue weighted by molar-refractivity contribution is 7.99. The molecule has 3 atom stereocenters. The summed E-state index contributed by atoms with van der Waals surface area (Å²) in [6.45, 7) is 6.09. The molecule has 3 rings (SSSR count). The van der Waals surface area contributed by atoms with Crippen molar-refractivity contribution in [1.82, 2.24) is 0 Å². The van der Waals surface area contributed by atoms with Crippen LogP contribution in [0.1, 0.15) is 29.2 Å². The van der Waals surface area contributed by atoms with Crippen LogP contribution in [0.2, 0.25) is 0 Å². The number of thioether (sulfide) groups is 2. The van der Waals surface area contributed by atoms with Crippen LogP contribution in [0, 0.1) is 13.8 Å². The first-order chi connectivity index (χ1) is 16.4. The maximum atomic E-state index is 10.3. The summed E-state index contributed by atoms with van der Waals surface area (Å²) in [6.07, 6.45) is -1.19. The average Bonchev–Trinajstić information content (AvgIpc) is 2.83. The highest BCUT2D eigenvalue weighted by Crippen LogP contribution is 2.27. The van der Waals surface area contributed by atoms with Gasteiger partial charge in [0.1, 0.15) is 18.1 Å². The van der Waals surface area contributed by atoms with Gasteiger partial charge in [0, 0.05) is 23.3 Å². The van der Waals surface area contributed by atoms with Crippen molar-refractivity contribution in [2.75, 3.05) is 12.4 Å². The lowest BCUT2D eigenvalue weighted by Gasteiger charge is -2.22. The van der Waals surface area contributed by atoms with Crippen LogP contribution < -0.4 is 9.47 Å². The smallest absolute Gasteiger partial charge is 0.170 e. The standard InChI is InChI=1S/C28H34O4S2/c1-20-7-11-23(12-8-20)17-33-19-25(30)16-31-26-5-4-6-27(15-26)32-28(22(3)29)34-18-24-13-9-21(2)10-14-24/h4-15,22,25,28-30H,16-19H2,1-3H3. The van der Waals surface area contributed by atoms with Crippen molar-refractivity contribution in [3.63, 3.8) is 0 Å². The Bertz CT molecular complexity index is 990. The van der Waals surface area contributed by atoms with Crippen molar-refractivity contribution in [2.45, 2.75) is 49.9 Å². The van der Waals surface area contributed by atoms with Gasteiger partial charge < -0.3 is 19.7 Å². The van der Waals surface area contributed by atoms with Crippen LogP contribution in [-0.2, 0) is 11.5 Å². The third-order valence-electron chi connectivity index (χ3n) is 5.13. The second kappa shape index (κ2) is 13.7. The molecular formula is C28H34O4S2. The van der Waals surface area contributed by atoms with Gasteiger partial charge in [0.25, 0.3) is 0 Å². The molecule has 2 N–H and O–H groups in total. The first kappa shape index (κ1) is 26.5. The molecule has 6 heteroatoms. The fourth-order valence-corrected chi connectivity index (χ4v) is 5.06. The van der Waals surface area contributed by atoms with E-state index >= 15 is 0 Å². The summed E-state index contributed by atoms with van der Waals surface area (Å²) in [5.74, 6) is 3.47. The molecule has 0 aliphatic heterocycles. The first-order valence-electron chi connectivity index (χ1n) is 11.4. The molecule has 0 bridgehead atoms. The number of aliphatic hydroxyl groups excluding tert-OH is 2. The van der Waals surface area contributed by atoms with E-state index in [0.717, 1.165) is 11.5 Å². The number of rotatable bonds is 13. The lowest BCUT2D eigenvalue weighted by Crippen LogP contribution is -2.26. The summed E-state index contributed by atoms with van der Waals surface area (Å²) in [7, 11) is 0. The molecule has 0 heterocycles. The zero-order valence-electron chi connectivity index (χ0n) is 20.0. The van der Waals surface area contributed by atoms with Crippen LogP contribution in [-0.4, -0.2) is 40.2 Å². The van der Waals surface area contributed by atoms with Crippen LogP contribution in [0.4, 0.5) is 0 Å². The van der Waals surface area contributed by atoms with Crippen LogP contribution >= 0.6 is 23.5 Å². The predicted octanol–water partition coefficient (Wildman–Crippen LogP) is 6.00. The fourth-order valence-electron chi connectivity index (χ4n) is 3.14. The molecule has 0 aliphatic rings. The minimum absolute atomic E-state index is 0.215. The predicted molar refractivity (Wildman–Crippen MR) is 144 cm³/mol. The van der Waals surface area contributed by atoms with E-state index in [-0.39, 0.29) is 6.61 Å². The second-order valence-electron chi connectivity index (χ2n) is 8.46. The monoisotopic (exact) mass is 498 g/mol. The molecule has 3 aromatic carbocycles. The molecule has 182 valence electrons. The Hall–Kier alpha value is -2.12. The number of ether oxygens (including phenoxy) is 2. The molecule has 34 heavy (non-hydrogen) atoms. The van der Waals surface area contributed by atoms with Crippen LogP contribution in [0.15, 0.2) is 72.8 Å². The number of hydrogen-bond donors (Lipinski definition) is 2. The molecule has 0 aliphatic carbocycles. The SMILES string of the molecule is Cc1ccc(CSCC(O)COc2cccc(OC(SCc3ccc(C)cc3)C(C)O)c2)cc1. The number of aliphatic hydroxyl groups is 2. The van der Waals surface area contributed by atoms with Crippen molar-refractivity contribution in [2.24, 2.45) is 0 Å². The van der Waals surface area contributed by atoms with E-state index < -0.39 is 17.6 Å². The van der Waals surface area contributed by atoms with Gasteiger partial charge in [0.05, 0.1) is 12.2 Å². The normalized spacial score (nSPS) is 13.8. The number of benzene rings is 3. The number of aryl methyl sites for hydroxylation is 2. The second-order valence-corrected chi connectivity index (χ2v) is 10.6. The molecule has 4 nitrogen and oxygen atoms in total. The third kappa shape index (κ3) is 9.26. The fraction of sp³-hybridized carbons (Fsp3) is 0.357. The molecule has 0 fully saturated rings. The molecule has 0 aromatic heterocycles. The van der Waals surface area contributed by atoms with Crippen molar-refractivity contribution in [3.05, 3.63) is 95.1 Å². The molecule has 0 spiro atoms. The Balaban J connectivity index is 1.44. The van der Waals surface area contributed by atoms with Gasteiger partial charge in [-0.2, -0.15) is 11.8 Å². The van der Waals surface area contributed by atoms with E-state index in [4.69, 9.17) is 9.47 Å². The Morgan fingerprint density at radius 3 is 2.00 bits per heavy atom. The third-order valence-corrected chi connectivity index (χ3v) is 7.61. The first-order valence-corrected chi connectivity index (χ1v) is 13.7. The van der Waals surface area contributed by atoms with Crippen LogP contribution in [0.5, 0.6) is 11.5 Å². The average molecular weight is 499 g/mol. The lowest BCUT2D eigenvalue weighted by atomic mass is 10.2. The van der Waals surface area contributed by atoms with Gasteiger partial charge in [-0.1, -0.05) is 65.7 Å². The highest BCUT2D eigenvalue weighted by atomic mass is 32.2. The van der Waals surface area contributed by atoms with E-state index in [1.807, 2.05) is 18.2 Å². The Labute approximate surface area is 211 Å². The molecule has 0 amide bonds. The molecule has 0 radical (unpaired) electrons. The van der Waals surface area contributed by atoms with E-state index in [2.05, 4.69) is 62.4 Å². The van der Waals surface area contributed by atoms with Gasteiger partial charge in [-0.25, -0.2) is 0 Å². The van der Waals surface area contributed by atoms with Crippen molar-refractivity contribution in [1.29, 1.82) is 0 Å². The Morgan fingerprint density at radius 1 is 0.794 bits per heavy atom. The minimum Gasteiger partial charge on any atom is -0.491 e. The van der Waals surface area contributed by atoms with Gasteiger partial charge in [-0.15, -0.1) is 11.8 Å². The molecule has 0 saturated carbocycles. The highest BCUT2D eigenvalue weighted by Gasteiger charge is 2.18. The lowest BCUT2D eigenvalue weighted by molar-refractivity contribution is 0.101. The summed E-state index contributed by atoms with van der Waals surface area (Å²) in [5, 5.41) is 20.5. The van der Waals surface area contributed by atoms with E-state index in [1.54, 1.807) is 36.5 Å². The van der Waals surface area contributed by atoms with Crippen LogP contribution in [0.3, 0.4) is 0 Å². The summed E-state index contributed by atoms with van der Waals surface area (Å²) in [4.78, 5) is 0. The van der Waals surface area contributed by atoms with Gasteiger partial charge in [0.15, 0.2) is 5.44 Å². The van der Waals surface area contributed by atoms with E-state index in [1.165, 1.54) is 22.3 Å². The molecule has 0 saturated heterocycles. The van der Waals surface area contributed by atoms with Crippen molar-refractivity contribution >= 4 is 23.5 Å². The summed E-state index contributed by atoms with van der Waals surface area (Å²) in [5.41, 5.74) is 4.51. The zero-order valence-corrected chi connectivity index (χ0v) is 21.6. The van der Waals surface area contributed by atoms with Crippen molar-refractivity contribution < 1.29 is 19.7 Å². The quantitative estimate of drug-likeness (QED) is 0.282. The van der Waals surface area contributed by atoms with Gasteiger partial charge in [0.2, 0.25) is 0 Å². The maximum absolute atomic E-state index is 10.3. The Morgan fingerprint density at radius 2 is 1.38 bits per heavy atom. The van der Waals surface area contributed by atoms with Crippen molar-refractivity contribution in [3.8, 4) is 11.5 Å². The Kier molecular flexibility index (Phi) is 10.7. The van der Waals surface area contributed by atoms with Gasteiger partial charge >= 0.3 is 0 Å². The van der Waals surface area contributed by atoms with Crippen LogP contribution in [0.25, 0.3) is 0 Å². The maximum Gasteiger partial charge on any atom is 0.170 e. The summed E-state index contributed by atoms with van der Waals surface area (Å²) in [6, 6.07) is 24.2. The summed E-state index contributed by atoms with van der Waals surface area (Å²) >= 11 is 3.25. The van der Waals surface area contributed by atoms with E-state index in [9.17, 15) is 10.2 Å². The molecule has 3 unspecified atom stereocenters. The van der Waals surface area contributed by atoms with Gasteiger partial charge in [-0.05, 0) is 44.0 Å². The number of hydrogen-bond acceptors (Lipinski definition) is 6.